The van der Waals surface area contributed by atoms with E-state index in [0.717, 1.165) is 16.8 Å². The van der Waals surface area contributed by atoms with Crippen LogP contribution in [0.5, 0.6) is 0 Å². The average Bonchev–Trinajstić information content (AvgIpc) is 3.07. The highest BCUT2D eigenvalue weighted by molar-refractivity contribution is 5.45. The highest BCUT2D eigenvalue weighted by Gasteiger charge is 2.40. The number of fused-ring (bicyclic) bond motifs is 1. The Kier molecular flexibility index (Phi) is 3.44. The Morgan fingerprint density at radius 2 is 1.57 bits per heavy atom. The third kappa shape index (κ3) is 2.25. The molecule has 1 aliphatic rings. The average molecular weight is 307 g/mol. The summed E-state index contributed by atoms with van der Waals surface area (Å²) < 4.78 is 7.37. The third-order valence-corrected chi connectivity index (χ3v) is 4.25. The smallest absolute Gasteiger partial charge is 0.161 e. The van der Waals surface area contributed by atoms with Crippen LogP contribution < -0.4 is 0 Å². The minimum absolute atomic E-state index is 0.407. The van der Waals surface area contributed by atoms with Gasteiger partial charge in [0, 0.05) is 0 Å². The molecule has 1 aromatic heterocycles. The van der Waals surface area contributed by atoms with Crippen LogP contribution in [-0.2, 0) is 23.5 Å². The van der Waals surface area contributed by atoms with Crippen LogP contribution in [0.15, 0.2) is 60.7 Å². The van der Waals surface area contributed by atoms with E-state index in [-0.39, 0.29) is 0 Å². The van der Waals surface area contributed by atoms with Gasteiger partial charge in [0.15, 0.2) is 5.60 Å². The number of hydrogen-bond acceptors (Lipinski definition) is 4. The predicted molar refractivity (Wildman–Crippen MR) is 84.7 cm³/mol. The summed E-state index contributed by atoms with van der Waals surface area (Å²) in [6.45, 7) is 1.68. The molecule has 0 amide bonds. The molecule has 3 aromatic rings. The zero-order valence-electron chi connectivity index (χ0n) is 12.6. The van der Waals surface area contributed by atoms with Gasteiger partial charge in [0.05, 0.1) is 25.5 Å². The Hall–Kier alpha value is -2.50. The maximum absolute atomic E-state index is 11.7. The maximum Gasteiger partial charge on any atom is 0.161 e. The van der Waals surface area contributed by atoms with E-state index in [9.17, 15) is 5.11 Å². The summed E-state index contributed by atoms with van der Waals surface area (Å²) in [7, 11) is 0. The molecule has 0 saturated heterocycles. The van der Waals surface area contributed by atoms with E-state index in [2.05, 4.69) is 10.3 Å². The minimum atomic E-state index is -1.35. The molecular formula is C18H17N3O2. The van der Waals surface area contributed by atoms with Gasteiger partial charge in [0.25, 0.3) is 0 Å². The molecule has 116 valence electrons. The van der Waals surface area contributed by atoms with E-state index in [1.165, 1.54) is 0 Å². The number of hydrogen-bond donors (Lipinski definition) is 1. The molecule has 2 heterocycles. The Bertz CT molecular complexity index is 760. The van der Waals surface area contributed by atoms with Crippen molar-refractivity contribution in [3.63, 3.8) is 0 Å². The van der Waals surface area contributed by atoms with Crippen molar-refractivity contribution in [1.82, 2.24) is 15.0 Å². The Balaban J connectivity index is 1.95. The van der Waals surface area contributed by atoms with Crippen molar-refractivity contribution in [1.29, 1.82) is 0 Å². The summed E-state index contributed by atoms with van der Waals surface area (Å²) in [4.78, 5) is 0. The summed E-state index contributed by atoms with van der Waals surface area (Å²) in [5.41, 5.74) is 1.54. The summed E-state index contributed by atoms with van der Waals surface area (Å²) >= 11 is 0. The first kappa shape index (κ1) is 14.1. The molecule has 0 spiro atoms. The molecule has 5 heteroatoms. The number of rotatable bonds is 3. The highest BCUT2D eigenvalue weighted by Crippen LogP contribution is 2.37. The number of aromatic nitrogens is 3. The summed E-state index contributed by atoms with van der Waals surface area (Å²) in [5, 5.41) is 20.2. The third-order valence-electron chi connectivity index (χ3n) is 4.25. The largest absolute Gasteiger partial charge is 0.374 e. The van der Waals surface area contributed by atoms with Crippen LogP contribution in [0.1, 0.15) is 22.5 Å². The van der Waals surface area contributed by atoms with Gasteiger partial charge < -0.3 is 9.84 Å². The zero-order chi connectivity index (χ0) is 15.7. The molecule has 0 radical (unpaired) electrons. The molecule has 5 nitrogen and oxygen atoms in total. The van der Waals surface area contributed by atoms with E-state index in [0.29, 0.717) is 25.5 Å². The Morgan fingerprint density at radius 1 is 0.957 bits per heavy atom. The van der Waals surface area contributed by atoms with Crippen molar-refractivity contribution in [2.75, 3.05) is 6.61 Å². The van der Waals surface area contributed by atoms with Gasteiger partial charge >= 0.3 is 0 Å². The minimum Gasteiger partial charge on any atom is -0.374 e. The second-order valence-corrected chi connectivity index (χ2v) is 5.60. The van der Waals surface area contributed by atoms with Gasteiger partial charge in [-0.2, -0.15) is 0 Å². The van der Waals surface area contributed by atoms with Gasteiger partial charge in [-0.3, -0.25) is 0 Å². The zero-order valence-corrected chi connectivity index (χ0v) is 12.6. The summed E-state index contributed by atoms with van der Waals surface area (Å²) in [5.74, 6) is 0. The predicted octanol–water partition coefficient (Wildman–Crippen LogP) is 2.09. The first-order valence-electron chi connectivity index (χ1n) is 7.64. The van der Waals surface area contributed by atoms with Gasteiger partial charge in [-0.1, -0.05) is 65.9 Å². The standard InChI is InChI=1S/C18H17N3O2/c22-18(14-7-3-1-4-8-14,15-9-5-2-6-10-15)17-16-13-23-12-11-21(16)20-19-17/h1-10,22H,11-13H2. The number of benzene rings is 2. The first-order valence-corrected chi connectivity index (χ1v) is 7.64. The van der Waals surface area contributed by atoms with Crippen LogP contribution in [-0.4, -0.2) is 26.7 Å². The lowest BCUT2D eigenvalue weighted by Crippen LogP contribution is -2.32. The van der Waals surface area contributed by atoms with Gasteiger partial charge in [0.2, 0.25) is 0 Å². The molecule has 1 N–H and O–H groups in total. The van der Waals surface area contributed by atoms with Gasteiger partial charge in [-0.25, -0.2) is 4.68 Å². The fourth-order valence-electron chi connectivity index (χ4n) is 3.06. The lowest BCUT2D eigenvalue weighted by molar-refractivity contribution is 0.0719. The second-order valence-electron chi connectivity index (χ2n) is 5.60. The van der Waals surface area contributed by atoms with Crippen LogP contribution in [0.3, 0.4) is 0 Å². The molecule has 0 fully saturated rings. The van der Waals surface area contributed by atoms with Crippen molar-refractivity contribution in [3.05, 3.63) is 83.2 Å². The lowest BCUT2D eigenvalue weighted by Gasteiger charge is -2.29. The molecular weight excluding hydrogens is 290 g/mol. The first-order chi connectivity index (χ1) is 11.3. The Morgan fingerprint density at radius 3 is 2.17 bits per heavy atom. The molecule has 0 atom stereocenters. The maximum atomic E-state index is 11.7. The van der Waals surface area contributed by atoms with E-state index in [1.807, 2.05) is 65.3 Å². The fourth-order valence-corrected chi connectivity index (χ4v) is 3.06. The summed E-state index contributed by atoms with van der Waals surface area (Å²) in [6.07, 6.45) is 0. The van der Waals surface area contributed by atoms with E-state index in [4.69, 9.17) is 4.74 Å². The van der Waals surface area contributed by atoms with Crippen molar-refractivity contribution < 1.29 is 9.84 Å². The molecule has 4 rings (SSSR count). The van der Waals surface area contributed by atoms with Crippen LogP contribution in [0.4, 0.5) is 0 Å². The van der Waals surface area contributed by atoms with Crippen LogP contribution in [0.2, 0.25) is 0 Å². The molecule has 2 aromatic carbocycles. The van der Waals surface area contributed by atoms with Gasteiger partial charge in [0.1, 0.15) is 5.69 Å². The monoisotopic (exact) mass is 307 g/mol. The molecule has 0 unspecified atom stereocenters. The van der Waals surface area contributed by atoms with Crippen molar-refractivity contribution >= 4 is 0 Å². The molecule has 23 heavy (non-hydrogen) atoms. The topological polar surface area (TPSA) is 60.2 Å². The fraction of sp³-hybridized carbons (Fsp3) is 0.222. The number of ether oxygens (including phenoxy) is 1. The van der Waals surface area contributed by atoms with Crippen molar-refractivity contribution in [2.45, 2.75) is 18.8 Å². The summed E-state index contributed by atoms with van der Waals surface area (Å²) in [6, 6.07) is 19.1. The second kappa shape index (κ2) is 5.61. The molecule has 0 bridgehead atoms. The lowest BCUT2D eigenvalue weighted by atomic mass is 9.82. The van der Waals surface area contributed by atoms with Gasteiger partial charge in [-0.15, -0.1) is 5.10 Å². The van der Waals surface area contributed by atoms with Crippen LogP contribution in [0, 0.1) is 0 Å². The SMILES string of the molecule is OC(c1ccccc1)(c1ccccc1)c1nnn2c1COCC2. The highest BCUT2D eigenvalue weighted by atomic mass is 16.5. The van der Waals surface area contributed by atoms with Crippen LogP contribution in [0.25, 0.3) is 0 Å². The quantitative estimate of drug-likeness (QED) is 0.805. The van der Waals surface area contributed by atoms with Crippen molar-refractivity contribution in [2.24, 2.45) is 0 Å². The van der Waals surface area contributed by atoms with E-state index < -0.39 is 5.60 Å². The number of aliphatic hydroxyl groups is 1. The van der Waals surface area contributed by atoms with Gasteiger partial charge in [-0.05, 0) is 11.1 Å². The molecule has 1 aliphatic heterocycles. The van der Waals surface area contributed by atoms with Crippen molar-refractivity contribution in [3.8, 4) is 0 Å². The molecule has 0 aliphatic carbocycles. The normalized spacial score (nSPS) is 14.5. The Labute approximate surface area is 134 Å². The van der Waals surface area contributed by atoms with Crippen LogP contribution >= 0.6 is 0 Å². The molecule has 0 saturated carbocycles. The van der Waals surface area contributed by atoms with E-state index >= 15 is 0 Å². The van der Waals surface area contributed by atoms with E-state index in [1.54, 1.807) is 0 Å². The number of nitrogens with zero attached hydrogens (tertiary/aromatic N) is 3.